The van der Waals surface area contributed by atoms with Crippen LogP contribution in [0.5, 0.6) is 0 Å². The lowest BCUT2D eigenvalue weighted by atomic mass is 9.65. The summed E-state index contributed by atoms with van der Waals surface area (Å²) in [6.07, 6.45) is 1.90. The molecule has 1 aromatic carbocycles. The summed E-state index contributed by atoms with van der Waals surface area (Å²) in [5, 5.41) is 32.4. The van der Waals surface area contributed by atoms with Crippen molar-refractivity contribution in [2.45, 2.75) is 214 Å². The van der Waals surface area contributed by atoms with Gasteiger partial charge in [-0.3, -0.25) is 4.18 Å². The van der Waals surface area contributed by atoms with Gasteiger partial charge in [0.1, 0.15) is 0 Å². The molecule has 1 aromatic rings. The van der Waals surface area contributed by atoms with E-state index in [2.05, 4.69) is 55.4 Å². The standard InChI is InChI=1S/C48H90O10S/c1-22-37-23-25-38(26-24-37)59(52,53)58-46(16,17)36(5)32-55-42(8,9)28-40(48(20,21)57-31-35(4)45(14,15)51)39(47(18,19)56-30-34(3)44(12,13)50)27-41(6,7)54-29-33(2)43(10,11)49/h23-26,33-36,39-40,49-51H,22,27-32H2,1-21H3. The number of ether oxygens (including phenoxy) is 4. The van der Waals surface area contributed by atoms with Crippen LogP contribution in [0.2, 0.25) is 0 Å². The van der Waals surface area contributed by atoms with Crippen LogP contribution in [-0.4, -0.2) is 95.0 Å². The largest absolute Gasteiger partial charge is 0.390 e. The molecule has 1 rings (SSSR count). The maximum absolute atomic E-state index is 13.4. The van der Waals surface area contributed by atoms with Crippen LogP contribution in [0.4, 0.5) is 0 Å². The quantitative estimate of drug-likeness (QED) is 0.0733. The molecule has 0 radical (unpaired) electrons. The minimum absolute atomic E-state index is 0.116. The van der Waals surface area contributed by atoms with Crippen LogP contribution in [0.1, 0.15) is 164 Å². The van der Waals surface area contributed by atoms with Gasteiger partial charge >= 0.3 is 0 Å². The summed E-state index contributed by atoms with van der Waals surface area (Å²) < 4.78 is 59.8. The molecule has 0 amide bonds. The molecule has 0 heterocycles. The van der Waals surface area contributed by atoms with Crippen LogP contribution in [0.15, 0.2) is 29.2 Å². The molecular weight excluding hydrogens is 769 g/mol. The Morgan fingerprint density at radius 1 is 0.492 bits per heavy atom. The molecule has 0 saturated heterocycles. The first-order chi connectivity index (χ1) is 26.2. The van der Waals surface area contributed by atoms with Gasteiger partial charge in [-0.25, -0.2) is 0 Å². The van der Waals surface area contributed by atoms with E-state index >= 15 is 0 Å². The van der Waals surface area contributed by atoms with Crippen LogP contribution in [0.3, 0.4) is 0 Å². The Kier molecular flexibility index (Phi) is 19.5. The van der Waals surface area contributed by atoms with Gasteiger partial charge in [-0.05, 0) is 160 Å². The summed E-state index contributed by atoms with van der Waals surface area (Å²) in [4.78, 5) is 0.120. The van der Waals surface area contributed by atoms with Gasteiger partial charge in [-0.1, -0.05) is 46.8 Å². The van der Waals surface area contributed by atoms with Gasteiger partial charge in [-0.15, -0.1) is 0 Å². The Bertz CT molecular complexity index is 1510. The lowest BCUT2D eigenvalue weighted by Gasteiger charge is -2.51. The smallest absolute Gasteiger partial charge is 0.297 e. The van der Waals surface area contributed by atoms with Crippen molar-refractivity contribution in [1.29, 1.82) is 0 Å². The predicted octanol–water partition coefficient (Wildman–Crippen LogP) is 9.78. The Morgan fingerprint density at radius 3 is 1.10 bits per heavy atom. The van der Waals surface area contributed by atoms with Crippen molar-refractivity contribution >= 4 is 10.1 Å². The molecule has 0 aliphatic carbocycles. The minimum atomic E-state index is -4.03. The maximum Gasteiger partial charge on any atom is 0.297 e. The highest BCUT2D eigenvalue weighted by molar-refractivity contribution is 7.86. The van der Waals surface area contributed by atoms with E-state index in [1.165, 1.54) is 0 Å². The van der Waals surface area contributed by atoms with Gasteiger partial charge < -0.3 is 34.3 Å². The molecule has 0 bridgehead atoms. The van der Waals surface area contributed by atoms with E-state index in [1.807, 2.05) is 46.8 Å². The number of aliphatic hydroxyl groups is 3. The number of rotatable bonds is 27. The molecule has 11 heteroatoms. The van der Waals surface area contributed by atoms with Crippen LogP contribution in [0, 0.1) is 35.5 Å². The first-order valence-electron chi connectivity index (χ1n) is 22.0. The Hall–Kier alpha value is -1.15. The summed E-state index contributed by atoms with van der Waals surface area (Å²) in [6.45, 7) is 42.1. The van der Waals surface area contributed by atoms with Crippen molar-refractivity contribution in [1.82, 2.24) is 0 Å². The first-order valence-corrected chi connectivity index (χ1v) is 23.4. The lowest BCUT2D eigenvalue weighted by molar-refractivity contribution is -0.190. The van der Waals surface area contributed by atoms with Crippen LogP contribution >= 0.6 is 0 Å². The highest BCUT2D eigenvalue weighted by atomic mass is 32.2. The Labute approximate surface area is 362 Å². The summed E-state index contributed by atoms with van der Waals surface area (Å²) in [5.74, 6) is -1.14. The highest BCUT2D eigenvalue weighted by Gasteiger charge is 2.50. The molecule has 348 valence electrons. The van der Waals surface area contributed by atoms with Crippen LogP contribution in [-0.2, 0) is 39.7 Å². The van der Waals surface area contributed by atoms with E-state index in [4.69, 9.17) is 23.1 Å². The van der Waals surface area contributed by atoms with Gasteiger partial charge in [-0.2, -0.15) is 8.42 Å². The monoisotopic (exact) mass is 859 g/mol. The van der Waals surface area contributed by atoms with Gasteiger partial charge in [0, 0.05) is 23.7 Å². The molecule has 0 spiro atoms. The third kappa shape index (κ3) is 18.2. The predicted molar refractivity (Wildman–Crippen MR) is 240 cm³/mol. The minimum Gasteiger partial charge on any atom is -0.390 e. The molecule has 59 heavy (non-hydrogen) atoms. The highest BCUT2D eigenvalue weighted by Crippen LogP contribution is 2.47. The molecule has 6 unspecified atom stereocenters. The van der Waals surface area contributed by atoms with Crippen molar-refractivity contribution in [3.8, 4) is 0 Å². The fraction of sp³-hybridized carbons (Fsp3) is 0.875. The van der Waals surface area contributed by atoms with Crippen molar-refractivity contribution in [2.75, 3.05) is 26.4 Å². The number of hydrogen-bond donors (Lipinski definition) is 3. The fourth-order valence-electron chi connectivity index (χ4n) is 6.63. The second kappa shape index (κ2) is 20.6. The molecular formula is C48H90O10S. The zero-order valence-electron chi connectivity index (χ0n) is 41.3. The molecule has 0 aliphatic rings. The van der Waals surface area contributed by atoms with E-state index in [9.17, 15) is 23.7 Å². The van der Waals surface area contributed by atoms with Crippen molar-refractivity contribution < 1.29 is 46.9 Å². The van der Waals surface area contributed by atoms with Gasteiger partial charge in [0.05, 0.1) is 76.1 Å². The summed E-state index contributed by atoms with van der Waals surface area (Å²) in [7, 11) is -4.03. The van der Waals surface area contributed by atoms with Gasteiger partial charge in [0.2, 0.25) is 0 Å². The first kappa shape index (κ1) is 55.9. The Morgan fingerprint density at radius 2 is 0.797 bits per heavy atom. The average molecular weight is 859 g/mol. The third-order valence-electron chi connectivity index (χ3n) is 13.3. The van der Waals surface area contributed by atoms with E-state index in [-0.39, 0.29) is 47.0 Å². The Balaban J connectivity index is 3.69. The molecule has 0 saturated carbocycles. The van der Waals surface area contributed by atoms with Crippen molar-refractivity contribution in [3.63, 3.8) is 0 Å². The molecule has 0 fully saturated rings. The van der Waals surface area contributed by atoms with Crippen LogP contribution < -0.4 is 0 Å². The molecule has 10 nitrogen and oxygen atoms in total. The molecule has 0 aliphatic heterocycles. The second-order valence-corrected chi connectivity index (χ2v) is 23.8. The number of hydrogen-bond acceptors (Lipinski definition) is 10. The fourth-order valence-corrected chi connectivity index (χ4v) is 7.93. The summed E-state index contributed by atoms with van der Waals surface area (Å²) >= 11 is 0. The second-order valence-electron chi connectivity index (χ2n) is 22.3. The van der Waals surface area contributed by atoms with E-state index in [1.54, 1.807) is 67.5 Å². The number of aryl methyl sites for hydroxylation is 1. The van der Waals surface area contributed by atoms with Gasteiger partial charge in [0.15, 0.2) is 0 Å². The van der Waals surface area contributed by atoms with Crippen molar-refractivity contribution in [2.24, 2.45) is 35.5 Å². The normalized spacial score (nSPS) is 17.7. The topological polar surface area (TPSA) is 141 Å². The van der Waals surface area contributed by atoms with Gasteiger partial charge in [0.25, 0.3) is 10.1 Å². The van der Waals surface area contributed by atoms with Crippen molar-refractivity contribution in [3.05, 3.63) is 29.8 Å². The van der Waals surface area contributed by atoms with E-state index in [0.717, 1.165) is 12.0 Å². The van der Waals surface area contributed by atoms with E-state index in [0.29, 0.717) is 32.7 Å². The summed E-state index contributed by atoms with van der Waals surface area (Å²) in [6, 6.07) is 6.80. The third-order valence-corrected chi connectivity index (χ3v) is 14.8. The average Bonchev–Trinajstić information content (AvgIpc) is 3.07. The zero-order chi connectivity index (χ0) is 46.4. The molecule has 6 atom stereocenters. The van der Waals surface area contributed by atoms with E-state index < -0.39 is 54.9 Å². The lowest BCUT2D eigenvalue weighted by Crippen LogP contribution is -2.54. The summed E-state index contributed by atoms with van der Waals surface area (Å²) in [5.41, 5.74) is -5.74. The maximum atomic E-state index is 13.4. The molecule has 0 aromatic heterocycles. The SMILES string of the molecule is CCc1ccc(S(=O)(=O)OC(C)(C)C(C)COC(C)(C)CC(C(CC(C)(C)OCC(C)C(C)(C)O)C(C)(C)OCC(C)C(C)(C)O)C(C)(C)OCC(C)C(C)(C)O)cc1. The van der Waals surface area contributed by atoms with Crippen LogP contribution in [0.25, 0.3) is 0 Å². The number of benzene rings is 1. The molecule has 3 N–H and O–H groups in total. The zero-order valence-corrected chi connectivity index (χ0v) is 42.1.